The number of methoxy groups -OCH3 is 1. The van der Waals surface area contributed by atoms with Gasteiger partial charge in [0.1, 0.15) is 18.0 Å². The Morgan fingerprint density at radius 1 is 0.905 bits per heavy atom. The van der Waals surface area contributed by atoms with Crippen LogP contribution in [0.1, 0.15) is 22.7 Å². The molecule has 0 bridgehead atoms. The molecule has 2 aliphatic heterocycles. The fraction of sp³-hybridized carbons (Fsp3) is 0.242. The summed E-state index contributed by atoms with van der Waals surface area (Å²) in [4.78, 5) is 44.8. The van der Waals surface area contributed by atoms with E-state index in [0.29, 0.717) is 18.7 Å². The van der Waals surface area contributed by atoms with Crippen LogP contribution in [0.5, 0.6) is 5.75 Å². The molecule has 4 aromatic carbocycles. The van der Waals surface area contributed by atoms with Crippen molar-refractivity contribution in [3.05, 3.63) is 114 Å². The highest BCUT2D eigenvalue weighted by Gasteiger charge is 2.51. The van der Waals surface area contributed by atoms with Crippen molar-refractivity contribution >= 4 is 28.6 Å². The fourth-order valence-electron chi connectivity index (χ4n) is 5.93. The van der Waals surface area contributed by atoms with Gasteiger partial charge in [-0.2, -0.15) is 0 Å². The molecule has 9 heteroatoms. The molecule has 2 heterocycles. The number of hydrogen-bond donors (Lipinski definition) is 1. The van der Waals surface area contributed by atoms with Gasteiger partial charge in [0.25, 0.3) is 5.91 Å². The van der Waals surface area contributed by atoms with Crippen molar-refractivity contribution in [2.45, 2.75) is 25.3 Å². The van der Waals surface area contributed by atoms with Gasteiger partial charge >= 0.3 is 6.03 Å². The van der Waals surface area contributed by atoms with Crippen LogP contribution in [0.4, 0.5) is 4.79 Å². The second-order valence-corrected chi connectivity index (χ2v) is 10.6. The first kappa shape index (κ1) is 27.3. The summed E-state index contributed by atoms with van der Waals surface area (Å²) in [6.45, 7) is 0.811. The van der Waals surface area contributed by atoms with E-state index in [9.17, 15) is 14.4 Å². The van der Waals surface area contributed by atoms with Crippen molar-refractivity contribution in [2.24, 2.45) is 0 Å². The lowest BCUT2D eigenvalue weighted by molar-refractivity contribution is -0.188. The summed E-state index contributed by atoms with van der Waals surface area (Å²) in [6.07, 6.45) is -0.690. The number of benzene rings is 4. The van der Waals surface area contributed by atoms with Gasteiger partial charge in [-0.1, -0.05) is 84.9 Å². The number of likely N-dealkylation sites (N-methyl/N-ethyl adjacent to an activating group) is 1. The minimum Gasteiger partial charge on any atom is -0.497 e. The van der Waals surface area contributed by atoms with Crippen LogP contribution in [0, 0.1) is 0 Å². The zero-order chi connectivity index (χ0) is 29.2. The molecule has 2 saturated heterocycles. The number of hydrogen-bond acceptors (Lipinski definition) is 5. The van der Waals surface area contributed by atoms with Crippen LogP contribution in [0.25, 0.3) is 10.8 Å². The quantitative estimate of drug-likeness (QED) is 0.381. The molecule has 2 aliphatic rings. The molecule has 214 valence electrons. The van der Waals surface area contributed by atoms with Gasteiger partial charge in [0.15, 0.2) is 0 Å². The van der Waals surface area contributed by atoms with E-state index in [1.165, 1.54) is 0 Å². The monoisotopic (exact) mass is 563 g/mol. The van der Waals surface area contributed by atoms with E-state index in [-0.39, 0.29) is 30.9 Å². The van der Waals surface area contributed by atoms with Crippen LogP contribution < -0.4 is 10.1 Å². The number of amides is 4. The van der Waals surface area contributed by atoms with Gasteiger partial charge in [0.05, 0.1) is 20.2 Å². The maximum atomic E-state index is 14.2. The minimum absolute atomic E-state index is 0.0214. The number of piperazine rings is 1. The van der Waals surface area contributed by atoms with Gasteiger partial charge in [-0.25, -0.2) is 14.8 Å². The minimum atomic E-state index is -0.849. The number of rotatable bonds is 6. The third-order valence-corrected chi connectivity index (χ3v) is 8.00. The average molecular weight is 564 g/mol. The molecule has 0 unspecified atom stereocenters. The molecule has 0 saturated carbocycles. The van der Waals surface area contributed by atoms with Gasteiger partial charge in [-0.15, -0.1) is 0 Å². The van der Waals surface area contributed by atoms with Gasteiger partial charge in [0.2, 0.25) is 5.91 Å². The lowest BCUT2D eigenvalue weighted by atomic mass is 9.97. The third-order valence-electron chi connectivity index (χ3n) is 8.00. The van der Waals surface area contributed by atoms with Crippen molar-refractivity contribution in [1.29, 1.82) is 0 Å². The van der Waals surface area contributed by atoms with E-state index in [2.05, 4.69) is 23.5 Å². The molecule has 0 aliphatic carbocycles. The van der Waals surface area contributed by atoms with E-state index in [1.807, 2.05) is 78.9 Å². The van der Waals surface area contributed by atoms with Gasteiger partial charge in [-0.05, 0) is 39.6 Å². The Labute approximate surface area is 244 Å². The molecule has 1 N–H and O–H groups in total. The first-order chi connectivity index (χ1) is 20.4. The normalized spacial score (nSPS) is 19.1. The van der Waals surface area contributed by atoms with E-state index >= 15 is 0 Å². The number of hydrazine groups is 1. The summed E-state index contributed by atoms with van der Waals surface area (Å²) in [5.74, 6) is 0.371. The first-order valence-corrected chi connectivity index (χ1v) is 14.0. The Hall–Kier alpha value is -4.89. The Morgan fingerprint density at radius 3 is 2.38 bits per heavy atom. The number of nitrogens with one attached hydrogen (secondary N) is 1. The predicted molar refractivity (Wildman–Crippen MR) is 159 cm³/mol. The number of fused-ring (bicyclic) bond motifs is 2. The van der Waals surface area contributed by atoms with Crippen molar-refractivity contribution in [2.75, 3.05) is 27.2 Å². The summed E-state index contributed by atoms with van der Waals surface area (Å²) >= 11 is 0. The van der Waals surface area contributed by atoms with Gasteiger partial charge in [-0.3, -0.25) is 9.59 Å². The number of nitrogens with zero attached hydrogens (tertiary/aromatic N) is 4. The number of urea groups is 1. The molecule has 42 heavy (non-hydrogen) atoms. The zero-order valence-electron chi connectivity index (χ0n) is 23.6. The molecule has 0 radical (unpaired) electrons. The Balaban J connectivity index is 1.33. The van der Waals surface area contributed by atoms with E-state index in [1.54, 1.807) is 34.0 Å². The summed E-state index contributed by atoms with van der Waals surface area (Å²) in [6, 6.07) is 29.8. The average Bonchev–Trinajstić information content (AvgIpc) is 3.01. The molecular weight excluding hydrogens is 530 g/mol. The van der Waals surface area contributed by atoms with Crippen LogP contribution in [0.2, 0.25) is 0 Å². The summed E-state index contributed by atoms with van der Waals surface area (Å²) in [5, 5.41) is 8.37. The van der Waals surface area contributed by atoms with Gasteiger partial charge in [0, 0.05) is 20.1 Å². The molecule has 0 spiro atoms. The topological polar surface area (TPSA) is 85.4 Å². The van der Waals surface area contributed by atoms with E-state index < -0.39 is 12.2 Å². The van der Waals surface area contributed by atoms with Crippen LogP contribution in [0.3, 0.4) is 0 Å². The molecular formula is C33H33N5O4. The summed E-state index contributed by atoms with van der Waals surface area (Å²) in [5.41, 5.74) is 2.63. The van der Waals surface area contributed by atoms with Crippen LogP contribution in [-0.4, -0.2) is 71.1 Å². The molecule has 6 rings (SSSR count). The van der Waals surface area contributed by atoms with E-state index in [0.717, 1.165) is 27.6 Å². The molecule has 4 aromatic rings. The molecule has 4 amide bonds. The van der Waals surface area contributed by atoms with Crippen molar-refractivity contribution in [3.63, 3.8) is 0 Å². The van der Waals surface area contributed by atoms with E-state index in [4.69, 9.17) is 4.74 Å². The lowest BCUT2D eigenvalue weighted by Crippen LogP contribution is -2.73. The maximum absolute atomic E-state index is 14.2. The Morgan fingerprint density at radius 2 is 1.62 bits per heavy atom. The smallest absolute Gasteiger partial charge is 0.334 e. The van der Waals surface area contributed by atoms with Crippen molar-refractivity contribution in [1.82, 2.24) is 25.1 Å². The van der Waals surface area contributed by atoms with Gasteiger partial charge < -0.3 is 19.9 Å². The third kappa shape index (κ3) is 5.14. The highest BCUT2D eigenvalue weighted by Crippen LogP contribution is 2.35. The van der Waals surface area contributed by atoms with Crippen LogP contribution in [-0.2, 0) is 22.7 Å². The fourth-order valence-corrected chi connectivity index (χ4v) is 5.93. The van der Waals surface area contributed by atoms with Crippen LogP contribution in [0.15, 0.2) is 97.1 Å². The second-order valence-electron chi connectivity index (χ2n) is 10.6. The zero-order valence-corrected chi connectivity index (χ0v) is 23.6. The second kappa shape index (κ2) is 11.5. The number of carbonyl (C=O) groups excluding carboxylic acids is 3. The highest BCUT2D eigenvalue weighted by molar-refractivity contribution is 5.93. The predicted octanol–water partition coefficient (Wildman–Crippen LogP) is 4.16. The number of ether oxygens (including phenoxy) is 1. The Bertz CT molecular complexity index is 1600. The SMILES string of the molecule is COc1ccc(CNC(=O)N2[C@H]3CN(Cc4cccc5ccccc45)C(=O)[C@H](c4ccccc4)N3C(=O)CN2C)cc1. The summed E-state index contributed by atoms with van der Waals surface area (Å²) < 4.78 is 5.23. The molecule has 2 atom stereocenters. The highest BCUT2D eigenvalue weighted by atomic mass is 16.5. The molecule has 2 fully saturated rings. The largest absolute Gasteiger partial charge is 0.497 e. The van der Waals surface area contributed by atoms with Crippen molar-refractivity contribution in [3.8, 4) is 5.75 Å². The number of carbonyl (C=O) groups is 3. The molecule has 0 aromatic heterocycles. The lowest BCUT2D eigenvalue weighted by Gasteiger charge is -2.54. The van der Waals surface area contributed by atoms with Crippen molar-refractivity contribution < 1.29 is 19.1 Å². The molecule has 9 nitrogen and oxygen atoms in total. The summed E-state index contributed by atoms with van der Waals surface area (Å²) in [7, 11) is 3.34. The first-order valence-electron chi connectivity index (χ1n) is 14.0. The van der Waals surface area contributed by atoms with Crippen LogP contribution >= 0.6 is 0 Å². The Kier molecular flexibility index (Phi) is 7.50. The maximum Gasteiger partial charge on any atom is 0.334 e. The standard InChI is InChI=1S/C33H33N5O4/c1-35-22-30(39)37-29(38(35)33(41)34-19-23-15-17-27(42-2)18-16-23)21-36(32(40)31(37)25-10-4-3-5-11-25)20-26-13-8-12-24-9-6-7-14-28(24)26/h3-18,29,31H,19-22H2,1-2H3,(H,34,41)/t29-,31-/m0/s1.